The van der Waals surface area contributed by atoms with Gasteiger partial charge in [0, 0.05) is 0 Å². The zero-order valence-corrected chi connectivity index (χ0v) is 18.1. The summed E-state index contributed by atoms with van der Waals surface area (Å²) in [4.78, 5) is 0. The Labute approximate surface area is 172 Å². The van der Waals surface area contributed by atoms with Crippen molar-refractivity contribution in [2.24, 2.45) is 34.5 Å². The zero-order valence-electron chi connectivity index (χ0n) is 18.1. The number of hydrogen-bond donors (Lipinski definition) is 1. The first-order valence-electron chi connectivity index (χ1n) is 11.5. The maximum absolute atomic E-state index is 10.2. The third-order valence-corrected chi connectivity index (χ3v) is 9.12. The van der Waals surface area contributed by atoms with Crippen LogP contribution in [0.3, 0.4) is 0 Å². The molecule has 0 radical (unpaired) electrons. The minimum absolute atomic E-state index is 0.105. The molecule has 0 spiro atoms. The molecule has 152 valence electrons. The third-order valence-electron chi connectivity index (χ3n) is 9.12. The molecule has 4 aliphatic rings. The second-order valence-corrected chi connectivity index (χ2v) is 10.3. The fourth-order valence-electron chi connectivity index (χ4n) is 7.53. The first kappa shape index (κ1) is 20.0. The summed E-state index contributed by atoms with van der Waals surface area (Å²) in [5, 5.41) is 10.2. The molecule has 0 heterocycles. The van der Waals surface area contributed by atoms with Gasteiger partial charge in [0.1, 0.15) is 0 Å². The van der Waals surface area contributed by atoms with Crippen LogP contribution in [-0.2, 0) is 0 Å². The van der Waals surface area contributed by atoms with Crippen LogP contribution in [0.1, 0.15) is 72.1 Å². The smallest absolute Gasteiger partial charge is 0.0577 e. The Morgan fingerprint density at radius 2 is 1.96 bits per heavy atom. The minimum atomic E-state index is -0.105. The Morgan fingerprint density at radius 1 is 1.18 bits per heavy atom. The normalized spacial score (nSPS) is 43.3. The lowest BCUT2D eigenvalue weighted by Gasteiger charge is -2.58. The van der Waals surface area contributed by atoms with Crippen molar-refractivity contribution in [3.05, 3.63) is 53.8 Å². The Bertz CT molecular complexity index is 748. The van der Waals surface area contributed by atoms with Crippen molar-refractivity contribution < 1.29 is 5.11 Å². The summed E-state index contributed by atoms with van der Waals surface area (Å²) < 4.78 is 0. The molecule has 0 aromatic heterocycles. The molecule has 0 aromatic rings. The standard InChI is InChI=1S/C27H38O/c1-5-7-8-9-19(6-2)23-12-13-24-22-11-10-20-18-21(28)14-16-26(20,3)25(22)15-17-27(23,24)4/h7-10,12,19,21-22,24-25,28H,1,6,11,13-18H2,2-4H3/b9-8-. The number of fused-ring (bicyclic) bond motifs is 5. The highest BCUT2D eigenvalue weighted by atomic mass is 16.3. The Morgan fingerprint density at radius 3 is 2.71 bits per heavy atom. The lowest BCUT2D eigenvalue weighted by Crippen LogP contribution is -2.50. The maximum Gasteiger partial charge on any atom is 0.0577 e. The molecule has 1 heteroatoms. The van der Waals surface area contributed by atoms with Crippen LogP contribution in [0, 0.1) is 34.5 Å². The van der Waals surface area contributed by atoms with Crippen LogP contribution < -0.4 is 0 Å². The van der Waals surface area contributed by atoms with Crippen LogP contribution in [0.2, 0.25) is 0 Å². The topological polar surface area (TPSA) is 20.2 Å². The molecular weight excluding hydrogens is 340 g/mol. The van der Waals surface area contributed by atoms with E-state index in [-0.39, 0.29) is 6.10 Å². The van der Waals surface area contributed by atoms with Crippen molar-refractivity contribution in [2.45, 2.75) is 78.2 Å². The zero-order chi connectivity index (χ0) is 19.9. The van der Waals surface area contributed by atoms with Gasteiger partial charge in [-0.3, -0.25) is 0 Å². The predicted octanol–water partition coefficient (Wildman–Crippen LogP) is 6.77. The van der Waals surface area contributed by atoms with Crippen LogP contribution in [0.25, 0.3) is 0 Å². The van der Waals surface area contributed by atoms with Crippen LogP contribution in [-0.4, -0.2) is 11.2 Å². The van der Waals surface area contributed by atoms with Crippen molar-refractivity contribution in [3.63, 3.8) is 0 Å². The molecule has 4 aliphatic carbocycles. The number of aliphatic hydroxyl groups is 1. The molecule has 1 nitrogen and oxygen atoms in total. The van der Waals surface area contributed by atoms with Crippen molar-refractivity contribution in [2.75, 3.05) is 0 Å². The quantitative estimate of drug-likeness (QED) is 0.325. The Kier molecular flexibility index (Phi) is 5.36. The van der Waals surface area contributed by atoms with Crippen molar-refractivity contribution in [1.29, 1.82) is 0 Å². The van der Waals surface area contributed by atoms with Crippen LogP contribution >= 0.6 is 0 Å². The molecule has 0 aromatic carbocycles. The van der Waals surface area contributed by atoms with Crippen molar-refractivity contribution in [1.82, 2.24) is 0 Å². The van der Waals surface area contributed by atoms with Gasteiger partial charge in [0.2, 0.25) is 0 Å². The van der Waals surface area contributed by atoms with Crippen molar-refractivity contribution in [3.8, 4) is 0 Å². The molecule has 0 aliphatic heterocycles. The lowest BCUT2D eigenvalue weighted by molar-refractivity contribution is -0.0311. The second kappa shape index (κ2) is 7.51. The summed E-state index contributed by atoms with van der Waals surface area (Å²) in [6, 6.07) is 0. The van der Waals surface area contributed by atoms with E-state index in [9.17, 15) is 5.11 Å². The van der Waals surface area contributed by atoms with E-state index in [1.807, 2.05) is 6.08 Å². The molecule has 2 saturated carbocycles. The summed E-state index contributed by atoms with van der Waals surface area (Å²) in [6.45, 7) is 11.1. The fourth-order valence-corrected chi connectivity index (χ4v) is 7.53. The van der Waals surface area contributed by atoms with E-state index in [0.29, 0.717) is 16.7 Å². The third kappa shape index (κ3) is 3.03. The van der Waals surface area contributed by atoms with E-state index < -0.39 is 0 Å². The SMILES string of the molecule is C=C=C/C=C\C(CC)C1=CCC2C3CC=C4CC(O)CCC4(C)C3CCC12C. The van der Waals surface area contributed by atoms with Gasteiger partial charge < -0.3 is 5.11 Å². The van der Waals surface area contributed by atoms with E-state index in [2.05, 4.69) is 57.4 Å². The van der Waals surface area contributed by atoms with Gasteiger partial charge in [0.15, 0.2) is 0 Å². The molecule has 1 N–H and O–H groups in total. The lowest BCUT2D eigenvalue weighted by atomic mass is 9.47. The summed E-state index contributed by atoms with van der Waals surface area (Å²) in [5.41, 5.74) is 6.85. The monoisotopic (exact) mass is 378 g/mol. The largest absolute Gasteiger partial charge is 0.393 e. The van der Waals surface area contributed by atoms with E-state index in [4.69, 9.17) is 0 Å². The first-order chi connectivity index (χ1) is 13.4. The van der Waals surface area contributed by atoms with Gasteiger partial charge in [-0.2, -0.15) is 0 Å². The Balaban J connectivity index is 1.60. The summed E-state index contributed by atoms with van der Waals surface area (Å²) in [6.07, 6.45) is 20.9. The van der Waals surface area contributed by atoms with Crippen LogP contribution in [0.4, 0.5) is 0 Å². The molecule has 2 fully saturated rings. The molecular formula is C27H38O. The van der Waals surface area contributed by atoms with Crippen molar-refractivity contribution >= 4 is 0 Å². The van der Waals surface area contributed by atoms with Crippen LogP contribution in [0.15, 0.2) is 53.8 Å². The molecule has 0 bridgehead atoms. The highest BCUT2D eigenvalue weighted by Crippen LogP contribution is 2.65. The molecule has 4 rings (SSSR count). The summed E-state index contributed by atoms with van der Waals surface area (Å²) in [5.74, 6) is 2.96. The number of rotatable bonds is 4. The molecule has 28 heavy (non-hydrogen) atoms. The highest BCUT2D eigenvalue weighted by Gasteiger charge is 2.56. The number of allylic oxidation sites excluding steroid dienone is 6. The van der Waals surface area contributed by atoms with Gasteiger partial charge in [-0.25, -0.2) is 0 Å². The average molecular weight is 379 g/mol. The molecule has 0 amide bonds. The molecule has 7 unspecified atom stereocenters. The molecule has 0 saturated heterocycles. The maximum atomic E-state index is 10.2. The predicted molar refractivity (Wildman–Crippen MR) is 118 cm³/mol. The highest BCUT2D eigenvalue weighted by molar-refractivity contribution is 5.33. The fraction of sp³-hybridized carbons (Fsp3) is 0.667. The van der Waals surface area contributed by atoms with Gasteiger partial charge in [-0.15, -0.1) is 5.73 Å². The van der Waals surface area contributed by atoms with Gasteiger partial charge in [-0.05, 0) is 91.9 Å². The number of hydrogen-bond acceptors (Lipinski definition) is 1. The van der Waals surface area contributed by atoms with E-state index in [0.717, 1.165) is 30.6 Å². The summed E-state index contributed by atoms with van der Waals surface area (Å²) >= 11 is 0. The van der Waals surface area contributed by atoms with Gasteiger partial charge in [0.25, 0.3) is 0 Å². The minimum Gasteiger partial charge on any atom is -0.393 e. The van der Waals surface area contributed by atoms with E-state index in [1.165, 1.54) is 38.5 Å². The first-order valence-corrected chi connectivity index (χ1v) is 11.5. The average Bonchev–Trinajstić information content (AvgIpc) is 3.03. The second-order valence-electron chi connectivity index (χ2n) is 10.3. The Hall–Kier alpha value is -1.30. The van der Waals surface area contributed by atoms with Crippen LogP contribution in [0.5, 0.6) is 0 Å². The summed E-state index contributed by atoms with van der Waals surface area (Å²) in [7, 11) is 0. The van der Waals surface area contributed by atoms with Gasteiger partial charge in [0.05, 0.1) is 6.10 Å². The molecule has 7 atom stereocenters. The van der Waals surface area contributed by atoms with E-state index >= 15 is 0 Å². The van der Waals surface area contributed by atoms with E-state index in [1.54, 1.807) is 11.1 Å². The van der Waals surface area contributed by atoms with Gasteiger partial charge >= 0.3 is 0 Å². The number of aliphatic hydroxyl groups excluding tert-OH is 1. The van der Waals surface area contributed by atoms with Gasteiger partial charge in [-0.1, -0.05) is 62.8 Å².